The number of rotatable bonds is 9. The van der Waals surface area contributed by atoms with Gasteiger partial charge in [-0.25, -0.2) is 0 Å². The summed E-state index contributed by atoms with van der Waals surface area (Å²) in [6.07, 6.45) is 0.873. The third kappa shape index (κ3) is 7.19. The van der Waals surface area contributed by atoms with Crippen molar-refractivity contribution >= 4 is 22.4 Å². The van der Waals surface area contributed by atoms with Gasteiger partial charge in [-0.3, -0.25) is 10.1 Å². The van der Waals surface area contributed by atoms with Crippen LogP contribution >= 0.6 is 11.3 Å². The first-order chi connectivity index (χ1) is 9.11. The average molecular weight is 287 g/mol. The predicted molar refractivity (Wildman–Crippen MR) is 74.4 cm³/mol. The maximum Gasteiger partial charge on any atom is 0.252 e. The molecule has 0 fully saturated rings. The highest BCUT2D eigenvalue weighted by Crippen LogP contribution is 2.17. The van der Waals surface area contributed by atoms with Crippen LogP contribution in [0.4, 0.5) is 5.13 Å². The number of carbonyl (C=O) groups excluding carboxylic acids is 1. The molecule has 7 heteroatoms. The van der Waals surface area contributed by atoms with Gasteiger partial charge in [0.15, 0.2) is 0 Å². The molecule has 108 valence electrons. The number of hydrogen-bond donors (Lipinski definition) is 1. The lowest BCUT2D eigenvalue weighted by molar-refractivity contribution is -0.121. The summed E-state index contributed by atoms with van der Waals surface area (Å²) in [5.41, 5.74) is 0. The van der Waals surface area contributed by atoms with Crippen molar-refractivity contribution in [3.8, 4) is 0 Å². The van der Waals surface area contributed by atoms with Crippen LogP contribution in [0.3, 0.4) is 0 Å². The topological polar surface area (TPSA) is 73.3 Å². The molecule has 1 aromatic rings. The van der Waals surface area contributed by atoms with E-state index in [0.717, 1.165) is 11.4 Å². The fourth-order valence-corrected chi connectivity index (χ4v) is 2.29. The Morgan fingerprint density at radius 1 is 1.32 bits per heavy atom. The molecule has 0 bridgehead atoms. The van der Waals surface area contributed by atoms with Gasteiger partial charge in [-0.15, -0.1) is 10.2 Å². The molecule has 0 spiro atoms. The standard InChI is InChI=1S/C12H21N3O3S/c1-4-17-5-6-18-8-10(16)13-12-15-14-11(19-12)7-9(2)3/h9H,4-8H2,1-3H3,(H,13,15,16). The van der Waals surface area contributed by atoms with Crippen LogP contribution in [0.1, 0.15) is 25.8 Å². The highest BCUT2D eigenvalue weighted by molar-refractivity contribution is 7.15. The number of amides is 1. The number of nitrogens with one attached hydrogen (secondary N) is 1. The molecule has 0 saturated heterocycles. The Labute approximate surface area is 117 Å². The van der Waals surface area contributed by atoms with Crippen LogP contribution in [0, 0.1) is 5.92 Å². The molecular weight excluding hydrogens is 266 g/mol. The number of anilines is 1. The van der Waals surface area contributed by atoms with Gasteiger partial charge in [-0.05, 0) is 12.8 Å². The summed E-state index contributed by atoms with van der Waals surface area (Å²) in [5.74, 6) is 0.308. The number of hydrogen-bond acceptors (Lipinski definition) is 6. The molecule has 1 heterocycles. The van der Waals surface area contributed by atoms with Gasteiger partial charge in [0.05, 0.1) is 13.2 Å². The van der Waals surface area contributed by atoms with Crippen molar-refractivity contribution in [2.75, 3.05) is 31.7 Å². The molecule has 0 unspecified atom stereocenters. The Morgan fingerprint density at radius 3 is 2.74 bits per heavy atom. The molecule has 6 nitrogen and oxygen atoms in total. The molecule has 1 N–H and O–H groups in total. The lowest BCUT2D eigenvalue weighted by atomic mass is 10.1. The Kier molecular flexibility index (Phi) is 7.54. The molecular formula is C12H21N3O3S. The molecule has 0 aliphatic carbocycles. The monoisotopic (exact) mass is 287 g/mol. The fourth-order valence-electron chi connectivity index (χ4n) is 1.32. The summed E-state index contributed by atoms with van der Waals surface area (Å²) in [5, 5.41) is 12.1. The minimum atomic E-state index is -0.219. The molecule has 19 heavy (non-hydrogen) atoms. The smallest absolute Gasteiger partial charge is 0.252 e. The van der Waals surface area contributed by atoms with E-state index < -0.39 is 0 Å². The van der Waals surface area contributed by atoms with Gasteiger partial charge in [0.1, 0.15) is 11.6 Å². The van der Waals surface area contributed by atoms with Crippen LogP contribution in [0.25, 0.3) is 0 Å². The molecule has 1 rings (SSSR count). The number of carbonyl (C=O) groups is 1. The van der Waals surface area contributed by atoms with E-state index in [1.54, 1.807) is 0 Å². The summed E-state index contributed by atoms with van der Waals surface area (Å²) in [6, 6.07) is 0. The van der Waals surface area contributed by atoms with Gasteiger partial charge in [-0.1, -0.05) is 25.2 Å². The second-order valence-electron chi connectivity index (χ2n) is 4.40. The van der Waals surface area contributed by atoms with Crippen LogP contribution in [0.5, 0.6) is 0 Å². The van der Waals surface area contributed by atoms with Crippen molar-refractivity contribution in [1.29, 1.82) is 0 Å². The van der Waals surface area contributed by atoms with Gasteiger partial charge in [-0.2, -0.15) is 0 Å². The molecule has 0 aliphatic rings. The van der Waals surface area contributed by atoms with Crippen molar-refractivity contribution in [3.63, 3.8) is 0 Å². The average Bonchev–Trinajstić information content (AvgIpc) is 2.75. The lowest BCUT2D eigenvalue weighted by Gasteiger charge is -2.03. The quantitative estimate of drug-likeness (QED) is 0.700. The van der Waals surface area contributed by atoms with E-state index in [2.05, 4.69) is 29.4 Å². The van der Waals surface area contributed by atoms with Crippen LogP contribution in [-0.4, -0.2) is 42.5 Å². The lowest BCUT2D eigenvalue weighted by Crippen LogP contribution is -2.19. The predicted octanol–water partition coefficient (Wildman–Crippen LogP) is 1.73. The Bertz CT molecular complexity index is 382. The van der Waals surface area contributed by atoms with Crippen LogP contribution in [0.15, 0.2) is 0 Å². The van der Waals surface area contributed by atoms with E-state index >= 15 is 0 Å². The highest BCUT2D eigenvalue weighted by Gasteiger charge is 2.09. The summed E-state index contributed by atoms with van der Waals surface area (Å²) in [6.45, 7) is 7.72. The van der Waals surface area contributed by atoms with Gasteiger partial charge >= 0.3 is 0 Å². The second kappa shape index (κ2) is 8.95. The van der Waals surface area contributed by atoms with E-state index in [-0.39, 0.29) is 12.5 Å². The maximum atomic E-state index is 11.5. The summed E-state index contributed by atoms with van der Waals surface area (Å²) in [7, 11) is 0. The third-order valence-corrected chi connectivity index (χ3v) is 2.97. The molecule has 0 atom stereocenters. The fraction of sp³-hybridized carbons (Fsp3) is 0.750. The minimum Gasteiger partial charge on any atom is -0.379 e. The first-order valence-corrected chi connectivity index (χ1v) is 7.21. The van der Waals surface area contributed by atoms with E-state index in [4.69, 9.17) is 9.47 Å². The van der Waals surface area contributed by atoms with Gasteiger partial charge in [0, 0.05) is 13.0 Å². The molecule has 0 aromatic carbocycles. The largest absolute Gasteiger partial charge is 0.379 e. The van der Waals surface area contributed by atoms with Gasteiger partial charge in [0.25, 0.3) is 5.91 Å². The summed E-state index contributed by atoms with van der Waals surface area (Å²) < 4.78 is 10.3. The summed E-state index contributed by atoms with van der Waals surface area (Å²) >= 11 is 1.40. The van der Waals surface area contributed by atoms with Crippen LogP contribution < -0.4 is 5.32 Å². The van der Waals surface area contributed by atoms with Crippen molar-refractivity contribution < 1.29 is 14.3 Å². The SMILES string of the molecule is CCOCCOCC(=O)Nc1nnc(CC(C)C)s1. The third-order valence-electron chi connectivity index (χ3n) is 2.11. The van der Waals surface area contributed by atoms with Gasteiger partial charge in [0.2, 0.25) is 5.13 Å². The zero-order chi connectivity index (χ0) is 14.1. The number of aromatic nitrogens is 2. The minimum absolute atomic E-state index is 0.00612. The number of nitrogens with zero attached hydrogens (tertiary/aromatic N) is 2. The number of ether oxygens (including phenoxy) is 2. The zero-order valence-electron chi connectivity index (χ0n) is 11.6. The van der Waals surface area contributed by atoms with E-state index in [9.17, 15) is 4.79 Å². The van der Waals surface area contributed by atoms with E-state index in [0.29, 0.717) is 30.9 Å². The molecule has 0 radical (unpaired) electrons. The summed E-state index contributed by atoms with van der Waals surface area (Å²) in [4.78, 5) is 11.5. The Morgan fingerprint density at radius 2 is 2.05 bits per heavy atom. The second-order valence-corrected chi connectivity index (χ2v) is 5.46. The first-order valence-electron chi connectivity index (χ1n) is 6.39. The Hall–Kier alpha value is -1.05. The molecule has 1 aromatic heterocycles. The first kappa shape index (κ1) is 16.0. The maximum absolute atomic E-state index is 11.5. The molecule has 0 aliphatic heterocycles. The van der Waals surface area contributed by atoms with E-state index in [1.807, 2.05) is 6.92 Å². The zero-order valence-corrected chi connectivity index (χ0v) is 12.5. The van der Waals surface area contributed by atoms with Crippen LogP contribution in [0.2, 0.25) is 0 Å². The van der Waals surface area contributed by atoms with Crippen molar-refractivity contribution in [2.45, 2.75) is 27.2 Å². The normalized spacial score (nSPS) is 10.9. The van der Waals surface area contributed by atoms with Crippen LogP contribution in [-0.2, 0) is 20.7 Å². The molecule has 0 saturated carbocycles. The van der Waals surface area contributed by atoms with Crippen molar-refractivity contribution in [1.82, 2.24) is 10.2 Å². The molecule has 1 amide bonds. The van der Waals surface area contributed by atoms with E-state index in [1.165, 1.54) is 11.3 Å². The van der Waals surface area contributed by atoms with Crippen molar-refractivity contribution in [3.05, 3.63) is 5.01 Å². The van der Waals surface area contributed by atoms with Crippen molar-refractivity contribution in [2.24, 2.45) is 5.92 Å². The van der Waals surface area contributed by atoms with Gasteiger partial charge < -0.3 is 9.47 Å². The Balaban J connectivity index is 2.22. The highest BCUT2D eigenvalue weighted by atomic mass is 32.1.